The predicted octanol–water partition coefficient (Wildman–Crippen LogP) is 4.01. The Morgan fingerprint density at radius 1 is 1.29 bits per heavy atom. The molecular weight excluding hydrogens is 284 g/mol. The van der Waals surface area contributed by atoms with Crippen LogP contribution in [0.15, 0.2) is 36.5 Å². The fourth-order valence-electron chi connectivity index (χ4n) is 2.32. The molecule has 1 N–H and O–H groups in total. The second-order valence-corrected chi connectivity index (χ2v) is 5.73. The number of hydrogen-bond acceptors (Lipinski definition) is 4. The molecule has 0 unspecified atom stereocenters. The summed E-state index contributed by atoms with van der Waals surface area (Å²) in [4.78, 5) is 20.6. The first-order chi connectivity index (χ1) is 10.2. The molecule has 2 aromatic heterocycles. The van der Waals surface area contributed by atoms with Gasteiger partial charge in [-0.15, -0.1) is 11.3 Å². The molecule has 0 fully saturated rings. The zero-order valence-corrected chi connectivity index (χ0v) is 12.4. The van der Waals surface area contributed by atoms with Gasteiger partial charge in [0, 0.05) is 11.6 Å². The van der Waals surface area contributed by atoms with Crippen LogP contribution in [-0.4, -0.2) is 21.0 Å². The quantitative estimate of drug-likeness (QED) is 0.790. The first-order valence-corrected chi connectivity index (χ1v) is 7.59. The highest BCUT2D eigenvalue weighted by Crippen LogP contribution is 2.32. The number of carbonyl (C=O) groups is 1. The SMILES string of the molecule is CCCc1nc(-c2nccc3ccccc23)sc1C(=O)O. The molecule has 0 saturated carbocycles. The zero-order chi connectivity index (χ0) is 14.8. The molecule has 0 spiro atoms. The second-order valence-electron chi connectivity index (χ2n) is 4.73. The van der Waals surface area contributed by atoms with Gasteiger partial charge < -0.3 is 5.11 Å². The van der Waals surface area contributed by atoms with E-state index < -0.39 is 5.97 Å². The lowest BCUT2D eigenvalue weighted by atomic mass is 10.1. The maximum atomic E-state index is 11.4. The number of carboxylic acid groups (broad SMARTS) is 1. The summed E-state index contributed by atoms with van der Waals surface area (Å²) in [7, 11) is 0. The minimum Gasteiger partial charge on any atom is -0.477 e. The molecule has 0 bridgehead atoms. The summed E-state index contributed by atoms with van der Waals surface area (Å²) >= 11 is 1.20. The second kappa shape index (κ2) is 5.61. The van der Waals surface area contributed by atoms with Crippen molar-refractivity contribution in [1.29, 1.82) is 0 Å². The molecule has 0 atom stereocenters. The summed E-state index contributed by atoms with van der Waals surface area (Å²) in [6.07, 6.45) is 3.27. The Hall–Kier alpha value is -2.27. The van der Waals surface area contributed by atoms with Crippen molar-refractivity contribution in [1.82, 2.24) is 9.97 Å². The molecule has 3 aromatic rings. The molecule has 4 nitrogen and oxygen atoms in total. The van der Waals surface area contributed by atoms with Crippen molar-refractivity contribution in [2.45, 2.75) is 19.8 Å². The maximum absolute atomic E-state index is 11.4. The zero-order valence-electron chi connectivity index (χ0n) is 11.5. The predicted molar refractivity (Wildman–Crippen MR) is 83.8 cm³/mol. The molecule has 3 rings (SSSR count). The lowest BCUT2D eigenvalue weighted by molar-refractivity contribution is 0.0700. The molecule has 0 aliphatic carbocycles. The van der Waals surface area contributed by atoms with Crippen LogP contribution < -0.4 is 0 Å². The Labute approximate surface area is 126 Å². The Bertz CT molecular complexity index is 806. The fraction of sp³-hybridized carbons (Fsp3) is 0.188. The summed E-state index contributed by atoms with van der Waals surface area (Å²) < 4.78 is 0. The van der Waals surface area contributed by atoms with Crippen molar-refractivity contribution < 1.29 is 9.90 Å². The van der Waals surface area contributed by atoms with E-state index in [1.54, 1.807) is 6.20 Å². The topological polar surface area (TPSA) is 63.1 Å². The molecule has 0 aliphatic rings. The first-order valence-electron chi connectivity index (χ1n) is 6.78. The minimum atomic E-state index is -0.914. The highest BCUT2D eigenvalue weighted by molar-refractivity contribution is 7.17. The summed E-state index contributed by atoms with van der Waals surface area (Å²) in [6.45, 7) is 2.01. The van der Waals surface area contributed by atoms with E-state index in [0.29, 0.717) is 22.0 Å². The number of hydrogen-bond donors (Lipinski definition) is 1. The van der Waals surface area contributed by atoms with Gasteiger partial charge in [0.05, 0.1) is 5.69 Å². The maximum Gasteiger partial charge on any atom is 0.347 e. The third-order valence-corrected chi connectivity index (χ3v) is 4.35. The van der Waals surface area contributed by atoms with E-state index in [9.17, 15) is 9.90 Å². The van der Waals surface area contributed by atoms with Gasteiger partial charge in [-0.3, -0.25) is 4.98 Å². The highest BCUT2D eigenvalue weighted by Gasteiger charge is 2.19. The van der Waals surface area contributed by atoms with Crippen LogP contribution in [0.3, 0.4) is 0 Å². The highest BCUT2D eigenvalue weighted by atomic mass is 32.1. The Balaban J connectivity index is 2.19. The van der Waals surface area contributed by atoms with Gasteiger partial charge in [0.1, 0.15) is 15.6 Å². The number of aromatic nitrogens is 2. The number of nitrogens with zero attached hydrogens (tertiary/aromatic N) is 2. The molecule has 2 heterocycles. The van der Waals surface area contributed by atoms with E-state index >= 15 is 0 Å². The van der Waals surface area contributed by atoms with Crippen LogP contribution >= 0.6 is 11.3 Å². The molecule has 0 saturated heterocycles. The molecule has 1 aromatic carbocycles. The van der Waals surface area contributed by atoms with Crippen molar-refractivity contribution in [2.24, 2.45) is 0 Å². The van der Waals surface area contributed by atoms with E-state index in [0.717, 1.165) is 22.9 Å². The lowest BCUT2D eigenvalue weighted by Crippen LogP contribution is -1.98. The van der Waals surface area contributed by atoms with E-state index in [4.69, 9.17) is 0 Å². The van der Waals surface area contributed by atoms with E-state index in [1.807, 2.05) is 37.3 Å². The van der Waals surface area contributed by atoms with E-state index in [2.05, 4.69) is 9.97 Å². The van der Waals surface area contributed by atoms with Crippen molar-refractivity contribution in [3.05, 3.63) is 47.1 Å². The van der Waals surface area contributed by atoms with Crippen LogP contribution in [0.5, 0.6) is 0 Å². The van der Waals surface area contributed by atoms with Gasteiger partial charge in [0.25, 0.3) is 0 Å². The van der Waals surface area contributed by atoms with Crippen molar-refractivity contribution in [3.8, 4) is 10.7 Å². The minimum absolute atomic E-state index is 0.321. The number of pyridine rings is 1. The van der Waals surface area contributed by atoms with Crippen molar-refractivity contribution in [2.75, 3.05) is 0 Å². The lowest BCUT2D eigenvalue weighted by Gasteiger charge is -2.01. The van der Waals surface area contributed by atoms with E-state index in [-0.39, 0.29) is 0 Å². The summed E-state index contributed by atoms with van der Waals surface area (Å²) in [5.41, 5.74) is 1.41. The monoisotopic (exact) mass is 298 g/mol. The van der Waals surface area contributed by atoms with Crippen molar-refractivity contribution in [3.63, 3.8) is 0 Å². The largest absolute Gasteiger partial charge is 0.477 e. The van der Waals surface area contributed by atoms with Gasteiger partial charge in [-0.25, -0.2) is 9.78 Å². The summed E-state index contributed by atoms with van der Waals surface area (Å²) in [5, 5.41) is 12.1. The number of rotatable bonds is 4. The Kier molecular flexibility index (Phi) is 3.66. The number of benzene rings is 1. The molecule has 0 aliphatic heterocycles. The van der Waals surface area contributed by atoms with Gasteiger partial charge >= 0.3 is 5.97 Å². The third-order valence-electron chi connectivity index (χ3n) is 3.25. The molecule has 21 heavy (non-hydrogen) atoms. The fourth-order valence-corrected chi connectivity index (χ4v) is 3.28. The number of carboxylic acids is 1. The van der Waals surface area contributed by atoms with E-state index in [1.165, 1.54) is 11.3 Å². The van der Waals surface area contributed by atoms with Crippen LogP contribution in [0.2, 0.25) is 0 Å². The van der Waals surface area contributed by atoms with Gasteiger partial charge in [-0.1, -0.05) is 37.6 Å². The molecule has 106 valence electrons. The molecule has 0 radical (unpaired) electrons. The van der Waals surface area contributed by atoms with Gasteiger partial charge in [0.2, 0.25) is 0 Å². The molecule has 5 heteroatoms. The Morgan fingerprint density at radius 3 is 2.86 bits per heavy atom. The summed E-state index contributed by atoms with van der Waals surface area (Å²) in [5.74, 6) is -0.914. The first kappa shape index (κ1) is 13.7. The van der Waals surface area contributed by atoms with Crippen LogP contribution in [-0.2, 0) is 6.42 Å². The van der Waals surface area contributed by atoms with Gasteiger partial charge in [0.15, 0.2) is 0 Å². The standard InChI is InChI=1S/C16H14N2O2S/c1-2-5-12-14(16(19)20)21-15(18-12)13-11-7-4-3-6-10(11)8-9-17-13/h3-4,6-9H,2,5H2,1H3,(H,19,20). The number of thiazole rings is 1. The van der Waals surface area contributed by atoms with Crippen LogP contribution in [0.1, 0.15) is 28.7 Å². The normalized spacial score (nSPS) is 10.9. The third kappa shape index (κ3) is 2.52. The smallest absolute Gasteiger partial charge is 0.347 e. The number of aryl methyl sites for hydroxylation is 1. The molecule has 0 amide bonds. The van der Waals surface area contributed by atoms with Crippen LogP contribution in [0.4, 0.5) is 0 Å². The van der Waals surface area contributed by atoms with Gasteiger partial charge in [-0.05, 0) is 17.9 Å². The summed E-state index contributed by atoms with van der Waals surface area (Å²) in [6, 6.07) is 9.86. The van der Waals surface area contributed by atoms with Crippen LogP contribution in [0, 0.1) is 0 Å². The average molecular weight is 298 g/mol. The number of aromatic carboxylic acids is 1. The van der Waals surface area contributed by atoms with Crippen molar-refractivity contribution >= 4 is 28.1 Å². The number of fused-ring (bicyclic) bond motifs is 1. The van der Waals surface area contributed by atoms with Gasteiger partial charge in [-0.2, -0.15) is 0 Å². The Morgan fingerprint density at radius 2 is 2.10 bits per heavy atom. The molecular formula is C16H14N2O2S. The van der Waals surface area contributed by atoms with Crippen LogP contribution in [0.25, 0.3) is 21.5 Å². The average Bonchev–Trinajstić information content (AvgIpc) is 2.91.